The number of halogens is 1. The van der Waals surface area contributed by atoms with Crippen molar-refractivity contribution in [2.75, 3.05) is 13.2 Å². The Morgan fingerprint density at radius 1 is 0.857 bits per heavy atom. The molecular weight excluding hydrogens is 286 g/mol. The zero-order chi connectivity index (χ0) is 14.5. The molecule has 2 aromatic rings. The van der Waals surface area contributed by atoms with Crippen LogP contribution in [0.2, 0.25) is 5.02 Å². The predicted molar refractivity (Wildman–Crippen MR) is 84.0 cm³/mol. The maximum atomic E-state index is 5.88. The van der Waals surface area contributed by atoms with Crippen LogP contribution in [0.25, 0.3) is 0 Å². The predicted octanol–water partition coefficient (Wildman–Crippen LogP) is 3.79. The minimum atomic E-state index is 0.717. The van der Waals surface area contributed by atoms with Gasteiger partial charge in [-0.1, -0.05) is 29.8 Å². The first-order valence-electron chi connectivity index (χ1n) is 7.15. The van der Waals surface area contributed by atoms with Crippen LogP contribution in [0.5, 0.6) is 11.5 Å². The number of nitrogens with one attached hydrogen (secondary N) is 1. The SMILES string of the molecule is Clc1ccc(CNCc2ccc3c(c2)OCCCO3)cc1. The van der Waals surface area contributed by atoms with Gasteiger partial charge in [0.1, 0.15) is 0 Å². The molecule has 3 rings (SSSR count). The van der Waals surface area contributed by atoms with E-state index in [4.69, 9.17) is 21.1 Å². The topological polar surface area (TPSA) is 30.5 Å². The first-order valence-corrected chi connectivity index (χ1v) is 7.53. The van der Waals surface area contributed by atoms with Gasteiger partial charge in [-0.05, 0) is 35.4 Å². The largest absolute Gasteiger partial charge is 0.490 e. The average Bonchev–Trinajstić information content (AvgIpc) is 2.74. The number of ether oxygens (including phenoxy) is 2. The molecule has 0 unspecified atom stereocenters. The van der Waals surface area contributed by atoms with Crippen LogP contribution in [0.1, 0.15) is 17.5 Å². The Labute approximate surface area is 129 Å². The van der Waals surface area contributed by atoms with Crippen molar-refractivity contribution in [3.8, 4) is 11.5 Å². The number of fused-ring (bicyclic) bond motifs is 1. The van der Waals surface area contributed by atoms with Gasteiger partial charge in [0.05, 0.1) is 13.2 Å². The molecule has 0 bridgehead atoms. The fraction of sp³-hybridized carbons (Fsp3) is 0.294. The molecule has 0 amide bonds. The van der Waals surface area contributed by atoms with Gasteiger partial charge in [-0.15, -0.1) is 0 Å². The van der Waals surface area contributed by atoms with Gasteiger partial charge in [-0.3, -0.25) is 0 Å². The van der Waals surface area contributed by atoms with E-state index in [1.54, 1.807) is 0 Å². The van der Waals surface area contributed by atoms with Crippen LogP contribution in [-0.4, -0.2) is 13.2 Å². The molecular formula is C17H18ClNO2. The highest BCUT2D eigenvalue weighted by Gasteiger charge is 2.10. The van der Waals surface area contributed by atoms with E-state index in [0.717, 1.165) is 42.6 Å². The average molecular weight is 304 g/mol. The van der Waals surface area contributed by atoms with Gasteiger partial charge in [0.2, 0.25) is 0 Å². The highest BCUT2D eigenvalue weighted by molar-refractivity contribution is 6.30. The van der Waals surface area contributed by atoms with Crippen molar-refractivity contribution in [2.45, 2.75) is 19.5 Å². The summed E-state index contributed by atoms with van der Waals surface area (Å²) in [7, 11) is 0. The van der Waals surface area contributed by atoms with Gasteiger partial charge in [0.15, 0.2) is 11.5 Å². The van der Waals surface area contributed by atoms with Gasteiger partial charge < -0.3 is 14.8 Å². The van der Waals surface area contributed by atoms with Crippen LogP contribution in [0, 0.1) is 0 Å². The smallest absolute Gasteiger partial charge is 0.161 e. The summed E-state index contributed by atoms with van der Waals surface area (Å²) in [6.07, 6.45) is 0.929. The second-order valence-electron chi connectivity index (χ2n) is 5.06. The summed E-state index contributed by atoms with van der Waals surface area (Å²) in [5.74, 6) is 1.69. The zero-order valence-corrected chi connectivity index (χ0v) is 12.5. The standard InChI is InChI=1S/C17H18ClNO2/c18-15-5-2-13(3-6-15)11-19-12-14-4-7-16-17(10-14)21-9-1-8-20-16/h2-7,10,19H,1,8-9,11-12H2. The van der Waals surface area contributed by atoms with Crippen LogP contribution < -0.4 is 14.8 Å². The third kappa shape index (κ3) is 3.90. The van der Waals surface area contributed by atoms with Gasteiger partial charge in [0.25, 0.3) is 0 Å². The Bertz CT molecular complexity index is 598. The molecule has 0 aromatic heterocycles. The summed E-state index contributed by atoms with van der Waals surface area (Å²) in [6.45, 7) is 3.04. The molecule has 1 aliphatic rings. The molecule has 1 N–H and O–H groups in total. The summed E-state index contributed by atoms with van der Waals surface area (Å²) >= 11 is 5.88. The van der Waals surface area contributed by atoms with E-state index in [-0.39, 0.29) is 0 Å². The number of rotatable bonds is 4. The maximum Gasteiger partial charge on any atom is 0.161 e. The van der Waals surface area contributed by atoms with Gasteiger partial charge in [0, 0.05) is 24.5 Å². The molecule has 4 heteroatoms. The quantitative estimate of drug-likeness (QED) is 0.932. The summed E-state index contributed by atoms with van der Waals surface area (Å²) in [4.78, 5) is 0. The van der Waals surface area contributed by atoms with Gasteiger partial charge >= 0.3 is 0 Å². The molecule has 21 heavy (non-hydrogen) atoms. The number of hydrogen-bond donors (Lipinski definition) is 1. The van der Waals surface area contributed by atoms with E-state index >= 15 is 0 Å². The van der Waals surface area contributed by atoms with Crippen LogP contribution in [0.4, 0.5) is 0 Å². The summed E-state index contributed by atoms with van der Waals surface area (Å²) < 4.78 is 11.3. The van der Waals surface area contributed by atoms with Gasteiger partial charge in [-0.25, -0.2) is 0 Å². The van der Waals surface area contributed by atoms with E-state index < -0.39 is 0 Å². The number of benzene rings is 2. The van der Waals surface area contributed by atoms with Crippen molar-refractivity contribution in [1.82, 2.24) is 5.32 Å². The van der Waals surface area contributed by atoms with Crippen molar-refractivity contribution < 1.29 is 9.47 Å². The Morgan fingerprint density at radius 3 is 2.33 bits per heavy atom. The van der Waals surface area contributed by atoms with Crippen LogP contribution in [0.15, 0.2) is 42.5 Å². The molecule has 0 saturated carbocycles. The Morgan fingerprint density at radius 2 is 1.52 bits per heavy atom. The lowest BCUT2D eigenvalue weighted by Crippen LogP contribution is -2.12. The minimum Gasteiger partial charge on any atom is -0.490 e. The molecule has 0 atom stereocenters. The number of hydrogen-bond acceptors (Lipinski definition) is 3. The summed E-state index contributed by atoms with van der Waals surface area (Å²) in [5.41, 5.74) is 2.40. The van der Waals surface area contributed by atoms with Crippen LogP contribution >= 0.6 is 11.6 Å². The van der Waals surface area contributed by atoms with Crippen LogP contribution in [0.3, 0.4) is 0 Å². The molecule has 0 spiro atoms. The van der Waals surface area contributed by atoms with E-state index in [9.17, 15) is 0 Å². The second-order valence-corrected chi connectivity index (χ2v) is 5.50. The first-order chi connectivity index (χ1) is 10.3. The fourth-order valence-corrected chi connectivity index (χ4v) is 2.40. The van der Waals surface area contributed by atoms with E-state index in [2.05, 4.69) is 17.4 Å². The van der Waals surface area contributed by atoms with Crippen molar-refractivity contribution in [2.24, 2.45) is 0 Å². The van der Waals surface area contributed by atoms with E-state index in [0.29, 0.717) is 6.61 Å². The molecule has 0 fully saturated rings. The van der Waals surface area contributed by atoms with Crippen molar-refractivity contribution in [3.05, 3.63) is 58.6 Å². The van der Waals surface area contributed by atoms with Crippen molar-refractivity contribution in [1.29, 1.82) is 0 Å². The maximum absolute atomic E-state index is 5.88. The first kappa shape index (κ1) is 14.2. The molecule has 110 valence electrons. The highest BCUT2D eigenvalue weighted by atomic mass is 35.5. The van der Waals surface area contributed by atoms with Crippen molar-refractivity contribution in [3.63, 3.8) is 0 Å². The Balaban J connectivity index is 1.58. The molecule has 0 saturated heterocycles. The molecule has 1 aliphatic heterocycles. The normalized spacial score (nSPS) is 13.8. The molecule has 0 radical (unpaired) electrons. The lowest BCUT2D eigenvalue weighted by Gasteiger charge is -2.10. The molecule has 3 nitrogen and oxygen atoms in total. The van der Waals surface area contributed by atoms with E-state index in [1.807, 2.05) is 30.3 Å². The zero-order valence-electron chi connectivity index (χ0n) is 11.8. The third-order valence-corrected chi connectivity index (χ3v) is 3.64. The summed E-state index contributed by atoms with van der Waals surface area (Å²) in [6, 6.07) is 14.0. The van der Waals surface area contributed by atoms with Crippen LogP contribution in [-0.2, 0) is 13.1 Å². The highest BCUT2D eigenvalue weighted by Crippen LogP contribution is 2.30. The third-order valence-electron chi connectivity index (χ3n) is 3.38. The lowest BCUT2D eigenvalue weighted by atomic mass is 10.2. The molecule has 2 aromatic carbocycles. The Kier molecular flexibility index (Phi) is 4.63. The lowest BCUT2D eigenvalue weighted by molar-refractivity contribution is 0.297. The second kappa shape index (κ2) is 6.83. The molecule has 0 aliphatic carbocycles. The monoisotopic (exact) mass is 303 g/mol. The van der Waals surface area contributed by atoms with E-state index in [1.165, 1.54) is 11.1 Å². The fourth-order valence-electron chi connectivity index (χ4n) is 2.27. The molecule has 1 heterocycles. The van der Waals surface area contributed by atoms with Crippen molar-refractivity contribution >= 4 is 11.6 Å². The minimum absolute atomic E-state index is 0.717. The summed E-state index contributed by atoms with van der Waals surface area (Å²) in [5, 5.41) is 4.19. The van der Waals surface area contributed by atoms with Gasteiger partial charge in [-0.2, -0.15) is 0 Å². The Hall–Kier alpha value is -1.71.